The van der Waals surface area contributed by atoms with Gasteiger partial charge >= 0.3 is 22.6 Å². The monoisotopic (exact) mass is 344 g/mol. The molecule has 0 aliphatic carbocycles. The van der Waals surface area contributed by atoms with Crippen molar-refractivity contribution < 1.29 is 35.9 Å². The Balaban J connectivity index is 4.86. The molecule has 0 aliphatic heterocycles. The van der Waals surface area contributed by atoms with E-state index in [0.717, 1.165) is 0 Å². The first-order valence-electron chi connectivity index (χ1n) is 4.98. The zero-order valence-electron chi connectivity index (χ0n) is 9.29. The number of carbonyl (C=O) groups is 1. The highest BCUT2D eigenvalue weighted by Crippen LogP contribution is 2.50. The van der Waals surface area contributed by atoms with Gasteiger partial charge in [0.1, 0.15) is 0 Å². The molecule has 0 fully saturated rings. The second kappa shape index (κ2) is 6.12. The molecule has 0 radical (unpaired) electrons. The van der Waals surface area contributed by atoms with E-state index in [2.05, 4.69) is 4.74 Å². The molecule has 0 heterocycles. The van der Waals surface area contributed by atoms with Gasteiger partial charge in [-0.2, -0.15) is 26.3 Å². The minimum atomic E-state index is -5.83. The zero-order valence-corrected chi connectivity index (χ0v) is 10.9. The van der Waals surface area contributed by atoms with Crippen LogP contribution in [0, 0.1) is 0 Å². The van der Waals surface area contributed by atoms with Gasteiger partial charge in [-0.05, 0) is 6.42 Å². The average molecular weight is 345 g/mol. The predicted molar refractivity (Wildman–Crippen MR) is 54.3 cm³/mol. The smallest absolute Gasteiger partial charge is 0.423 e. The number of ether oxygens (including phenoxy) is 1. The predicted octanol–water partition coefficient (Wildman–Crippen LogP) is 3.98. The summed E-state index contributed by atoms with van der Waals surface area (Å²) in [5, 5.41) is 0. The number of hydrogen-bond donors (Lipinski definition) is 0. The molecule has 0 rings (SSSR count). The van der Waals surface area contributed by atoms with Crippen LogP contribution in [0.5, 0.6) is 0 Å². The third-order valence-electron chi connectivity index (χ3n) is 2.04. The van der Waals surface area contributed by atoms with Crippen LogP contribution in [0.25, 0.3) is 0 Å². The summed E-state index contributed by atoms with van der Waals surface area (Å²) >= 11 is 1.44. The lowest BCUT2D eigenvalue weighted by atomic mass is 10.1. The molecule has 0 saturated carbocycles. The molecular formula is C9H11BrF6O2. The van der Waals surface area contributed by atoms with Crippen molar-refractivity contribution in [1.82, 2.24) is 0 Å². The van der Waals surface area contributed by atoms with E-state index in [4.69, 9.17) is 0 Å². The summed E-state index contributed by atoms with van der Waals surface area (Å²) in [7, 11) is 0. The Morgan fingerprint density at radius 2 is 1.50 bits per heavy atom. The summed E-state index contributed by atoms with van der Waals surface area (Å²) in [4.78, 5) is 11.0. The Bertz CT molecular complexity index is 272. The van der Waals surface area contributed by atoms with E-state index < -0.39 is 29.3 Å². The van der Waals surface area contributed by atoms with Gasteiger partial charge in [0, 0.05) is 0 Å². The average Bonchev–Trinajstić information content (AvgIpc) is 2.19. The first kappa shape index (κ1) is 17.5. The van der Waals surface area contributed by atoms with Crippen LogP contribution in [-0.2, 0) is 9.53 Å². The van der Waals surface area contributed by atoms with Crippen molar-refractivity contribution in [3.63, 3.8) is 0 Å². The van der Waals surface area contributed by atoms with Gasteiger partial charge in [-0.3, -0.25) is 0 Å². The molecule has 0 atom stereocenters. The van der Waals surface area contributed by atoms with Crippen LogP contribution in [-0.4, -0.2) is 29.3 Å². The molecule has 0 aromatic heterocycles. The number of rotatable bonds is 5. The van der Waals surface area contributed by atoms with Crippen molar-refractivity contribution in [1.29, 1.82) is 0 Å². The van der Waals surface area contributed by atoms with Gasteiger partial charge in [0.15, 0.2) is 0 Å². The Labute approximate surface area is 108 Å². The molecule has 0 saturated heterocycles. The minimum absolute atomic E-state index is 0.209. The SMILES string of the molecule is CCCCCOC(=O)C(Br)(C(F)(F)F)C(F)(F)F. The molecule has 108 valence electrons. The normalized spacial score (nSPS) is 13.6. The van der Waals surface area contributed by atoms with Gasteiger partial charge in [-0.25, -0.2) is 4.79 Å². The van der Waals surface area contributed by atoms with Crippen molar-refractivity contribution in [2.75, 3.05) is 6.61 Å². The van der Waals surface area contributed by atoms with Gasteiger partial charge < -0.3 is 4.74 Å². The summed E-state index contributed by atoms with van der Waals surface area (Å²) in [5.41, 5.74) is 0. The van der Waals surface area contributed by atoms with Gasteiger partial charge in [0.05, 0.1) is 6.61 Å². The molecule has 18 heavy (non-hydrogen) atoms. The molecular weight excluding hydrogens is 334 g/mol. The maximum Gasteiger partial charge on any atom is 0.423 e. The number of unbranched alkanes of at least 4 members (excludes halogenated alkanes) is 2. The molecule has 0 aromatic rings. The Kier molecular flexibility index (Phi) is 5.96. The molecule has 0 aromatic carbocycles. The van der Waals surface area contributed by atoms with E-state index in [1.165, 1.54) is 15.9 Å². The van der Waals surface area contributed by atoms with Gasteiger partial charge in [-0.1, -0.05) is 35.7 Å². The molecule has 0 aliphatic rings. The molecule has 9 heteroatoms. The van der Waals surface area contributed by atoms with E-state index in [1.807, 2.05) is 0 Å². The van der Waals surface area contributed by atoms with Crippen LogP contribution in [0.4, 0.5) is 26.3 Å². The summed E-state index contributed by atoms with van der Waals surface area (Å²) < 4.78 is 73.5. The fourth-order valence-corrected chi connectivity index (χ4v) is 1.12. The van der Waals surface area contributed by atoms with Crippen molar-refractivity contribution >= 4 is 21.9 Å². The fourth-order valence-electron chi connectivity index (χ4n) is 1.01. The van der Waals surface area contributed by atoms with Gasteiger partial charge in [0.25, 0.3) is 0 Å². The Morgan fingerprint density at radius 3 is 1.83 bits per heavy atom. The van der Waals surface area contributed by atoms with E-state index in [1.54, 1.807) is 6.92 Å². The number of hydrogen-bond acceptors (Lipinski definition) is 2. The van der Waals surface area contributed by atoms with E-state index >= 15 is 0 Å². The highest BCUT2D eigenvalue weighted by Gasteiger charge is 2.75. The van der Waals surface area contributed by atoms with E-state index in [-0.39, 0.29) is 6.42 Å². The first-order chi connectivity index (χ1) is 7.98. The lowest BCUT2D eigenvalue weighted by Crippen LogP contribution is -2.58. The first-order valence-corrected chi connectivity index (χ1v) is 5.77. The third kappa shape index (κ3) is 3.76. The quantitative estimate of drug-likeness (QED) is 0.326. The molecule has 2 nitrogen and oxygen atoms in total. The van der Waals surface area contributed by atoms with Crippen LogP contribution >= 0.6 is 15.9 Å². The topological polar surface area (TPSA) is 26.3 Å². The van der Waals surface area contributed by atoms with Crippen molar-refractivity contribution in [2.45, 2.75) is 42.9 Å². The molecule has 0 spiro atoms. The number of alkyl halides is 7. The Morgan fingerprint density at radius 1 is 1.06 bits per heavy atom. The molecule has 0 N–H and O–H groups in total. The van der Waals surface area contributed by atoms with E-state index in [0.29, 0.717) is 12.8 Å². The number of esters is 1. The number of carbonyl (C=O) groups excluding carboxylic acids is 1. The largest absolute Gasteiger partial charge is 0.464 e. The fraction of sp³-hybridized carbons (Fsp3) is 0.889. The van der Waals surface area contributed by atoms with Crippen LogP contribution in [0.1, 0.15) is 26.2 Å². The number of halogens is 7. The summed E-state index contributed by atoms with van der Waals surface area (Å²) in [6.45, 7) is 1.30. The zero-order chi connectivity index (χ0) is 14.6. The Hall–Kier alpha value is -0.470. The second-order valence-corrected chi connectivity index (χ2v) is 4.69. The standard InChI is InChI=1S/C9H11BrF6O2/c1-2-3-4-5-18-6(17)7(10,8(11,12)13)9(14,15)16/h2-5H2,1H3. The van der Waals surface area contributed by atoms with Crippen LogP contribution < -0.4 is 0 Å². The molecule has 0 bridgehead atoms. The van der Waals surface area contributed by atoms with Crippen molar-refractivity contribution in [2.24, 2.45) is 0 Å². The maximum absolute atomic E-state index is 12.4. The van der Waals surface area contributed by atoms with Gasteiger partial charge in [-0.15, -0.1) is 0 Å². The van der Waals surface area contributed by atoms with Crippen LogP contribution in [0.3, 0.4) is 0 Å². The van der Waals surface area contributed by atoms with Crippen LogP contribution in [0.2, 0.25) is 0 Å². The summed E-state index contributed by atoms with van der Waals surface area (Å²) in [5.74, 6) is -2.39. The lowest BCUT2D eigenvalue weighted by Gasteiger charge is -2.29. The van der Waals surface area contributed by atoms with Crippen LogP contribution in [0.15, 0.2) is 0 Å². The second-order valence-electron chi connectivity index (χ2n) is 3.50. The molecule has 0 amide bonds. The third-order valence-corrected chi connectivity index (χ3v) is 3.27. The van der Waals surface area contributed by atoms with Crippen molar-refractivity contribution in [3.05, 3.63) is 0 Å². The molecule has 0 unspecified atom stereocenters. The maximum atomic E-state index is 12.4. The highest BCUT2D eigenvalue weighted by atomic mass is 79.9. The highest BCUT2D eigenvalue weighted by molar-refractivity contribution is 9.10. The van der Waals surface area contributed by atoms with E-state index in [9.17, 15) is 31.1 Å². The summed E-state index contributed by atoms with van der Waals surface area (Å²) in [6, 6.07) is 0. The summed E-state index contributed by atoms with van der Waals surface area (Å²) in [6.07, 6.45) is -10.2. The lowest BCUT2D eigenvalue weighted by molar-refractivity contribution is -0.262. The van der Waals surface area contributed by atoms with Crippen molar-refractivity contribution in [3.8, 4) is 0 Å². The van der Waals surface area contributed by atoms with Gasteiger partial charge in [0.2, 0.25) is 0 Å². The minimum Gasteiger partial charge on any atom is -0.464 e.